The highest BCUT2D eigenvalue weighted by Crippen LogP contribution is 3.02. The molecule has 2 aromatic rings. The second-order valence-corrected chi connectivity index (χ2v) is 14.3. The molecule has 2 N–H and O–H groups in total. The molecule has 0 aliphatic rings. The first-order valence-electron chi connectivity index (χ1n) is 8.82. The van der Waals surface area contributed by atoms with E-state index in [2.05, 4.69) is 5.10 Å². The summed E-state index contributed by atoms with van der Waals surface area (Å²) in [4.78, 5) is -2.68. The van der Waals surface area contributed by atoms with Crippen LogP contribution in [-0.2, 0) is 20.0 Å². The van der Waals surface area contributed by atoms with Crippen LogP contribution in [0.1, 0.15) is 5.69 Å². The molecular formula is C14H8Cl2F11N5O4S3. The molecule has 1 aromatic carbocycles. The molecule has 0 fully saturated rings. The minimum Gasteiger partial charge on any atom is -0.382 e. The van der Waals surface area contributed by atoms with Gasteiger partial charge in [-0.15, -0.1) is 0 Å². The molecule has 9 nitrogen and oxygen atoms in total. The molecule has 2 rings (SSSR count). The van der Waals surface area contributed by atoms with Crippen molar-refractivity contribution in [1.82, 2.24) is 9.78 Å². The molecule has 39 heavy (non-hydrogen) atoms. The highest BCUT2D eigenvalue weighted by molar-refractivity contribution is 8.45. The van der Waals surface area contributed by atoms with Crippen molar-refractivity contribution in [2.24, 2.45) is 0 Å². The molecule has 0 unspecified atom stereocenters. The summed E-state index contributed by atoms with van der Waals surface area (Å²) >= 11 is 11.1. The van der Waals surface area contributed by atoms with Crippen LogP contribution in [0.4, 0.5) is 57.3 Å². The molecule has 0 amide bonds. The summed E-state index contributed by atoms with van der Waals surface area (Å²) in [5, 5.41) is 9.60. The maximum absolute atomic E-state index is 13.2. The summed E-state index contributed by atoms with van der Waals surface area (Å²) in [6.45, 7) is 0. The molecule has 1 aromatic heterocycles. The monoisotopic (exact) mass is 685 g/mol. The van der Waals surface area contributed by atoms with Crippen molar-refractivity contribution in [1.29, 1.82) is 5.26 Å². The predicted molar refractivity (Wildman–Crippen MR) is 116 cm³/mol. The number of hydrogen-bond acceptors (Lipinski definition) is 7. The third-order valence-electron chi connectivity index (χ3n) is 4.03. The lowest BCUT2D eigenvalue weighted by molar-refractivity contribution is -0.107. The zero-order valence-corrected chi connectivity index (χ0v) is 21.7. The fourth-order valence-electron chi connectivity index (χ4n) is 2.80. The van der Waals surface area contributed by atoms with E-state index in [0.29, 0.717) is 0 Å². The van der Waals surface area contributed by atoms with Crippen molar-refractivity contribution in [2.75, 3.05) is 20.9 Å². The Hall–Kier alpha value is -2.42. The predicted octanol–water partition coefficient (Wildman–Crippen LogP) is 5.88. The van der Waals surface area contributed by atoms with Crippen LogP contribution in [0.5, 0.6) is 0 Å². The normalized spacial score (nSPS) is 15.4. The van der Waals surface area contributed by atoms with Crippen LogP contribution in [0.25, 0.3) is 5.69 Å². The summed E-state index contributed by atoms with van der Waals surface area (Å²) in [5.41, 5.74) is 0.783. The van der Waals surface area contributed by atoms with Gasteiger partial charge in [-0.1, -0.05) is 42.6 Å². The van der Waals surface area contributed by atoms with Crippen molar-refractivity contribution in [3.63, 3.8) is 0 Å². The van der Waals surface area contributed by atoms with Gasteiger partial charge in [-0.2, -0.15) is 40.4 Å². The van der Waals surface area contributed by atoms with E-state index in [1.165, 1.54) is 0 Å². The summed E-state index contributed by atoms with van der Waals surface area (Å²) in [6, 6.07) is 0.0686. The number of halogens is 13. The number of rotatable bonds is 7. The Bertz CT molecular complexity index is 1530. The van der Waals surface area contributed by atoms with Gasteiger partial charge in [0, 0.05) is 0 Å². The Morgan fingerprint density at radius 2 is 1.31 bits per heavy atom. The minimum absolute atomic E-state index is 0.146. The van der Waals surface area contributed by atoms with Gasteiger partial charge in [0.05, 0.1) is 10.0 Å². The fraction of sp³-hybridized carbons (Fsp3) is 0.286. The lowest BCUT2D eigenvalue weighted by Crippen LogP contribution is -2.45. The summed E-state index contributed by atoms with van der Waals surface area (Å²) < 4.78 is 191. The van der Waals surface area contributed by atoms with E-state index in [-0.39, 0.29) is 4.68 Å². The van der Waals surface area contributed by atoms with E-state index in [1.807, 2.05) is 0 Å². The average Bonchev–Trinajstić information content (AvgIpc) is 2.91. The van der Waals surface area contributed by atoms with Crippen LogP contribution in [0, 0.1) is 11.3 Å². The van der Waals surface area contributed by atoms with Crippen LogP contribution in [0.2, 0.25) is 10.0 Å². The number of nitrogens with zero attached hydrogens (tertiary/aromatic N) is 4. The second kappa shape index (κ2) is 8.79. The third-order valence-corrected chi connectivity index (χ3v) is 9.85. The maximum Gasteiger partial charge on any atom is 0.404 e. The molecule has 0 saturated carbocycles. The number of nitrogen functional groups attached to an aromatic ring is 1. The van der Waals surface area contributed by atoms with Gasteiger partial charge in [0.2, 0.25) is 0 Å². The van der Waals surface area contributed by atoms with Gasteiger partial charge in [0.15, 0.2) is 23.0 Å². The molecule has 0 bridgehead atoms. The zero-order chi connectivity index (χ0) is 30.8. The highest BCUT2D eigenvalue weighted by atomic mass is 35.5. The van der Waals surface area contributed by atoms with E-state index in [9.17, 15) is 67.9 Å². The third kappa shape index (κ3) is 7.41. The van der Waals surface area contributed by atoms with Gasteiger partial charge in [-0.05, 0) is 12.1 Å². The van der Waals surface area contributed by atoms with Crippen LogP contribution < -0.4 is 9.44 Å². The molecule has 0 aliphatic heterocycles. The lowest BCUT2D eigenvalue weighted by Gasteiger charge is -2.40. The van der Waals surface area contributed by atoms with E-state index in [4.69, 9.17) is 28.9 Å². The van der Waals surface area contributed by atoms with Crippen LogP contribution in [0.3, 0.4) is 0 Å². The van der Waals surface area contributed by atoms with E-state index < -0.39 is 108 Å². The largest absolute Gasteiger partial charge is 0.404 e. The van der Waals surface area contributed by atoms with Gasteiger partial charge in [0.25, 0.3) is 20.0 Å². The van der Waals surface area contributed by atoms with Crippen molar-refractivity contribution in [3.8, 4) is 11.8 Å². The number of nitrogens with two attached hydrogens (primary N) is 1. The topological polar surface area (TPSA) is 139 Å². The van der Waals surface area contributed by atoms with Crippen molar-refractivity contribution < 1.29 is 62.6 Å². The summed E-state index contributed by atoms with van der Waals surface area (Å²) in [6.07, 6.45) is -11.5. The van der Waals surface area contributed by atoms with E-state index in [1.54, 1.807) is 0 Å². The Kier molecular flexibility index (Phi) is 7.39. The molecule has 0 aliphatic carbocycles. The SMILES string of the molecule is N#Cc1nn(-c2c(Cl)cc(S(F)(F)(F)(F)F)cc2Cl)c(N)c1N(S(=O)(=O)CC(F)(F)F)S(=O)(=O)CC(F)(F)F. The standard InChI is InChI=1S/C14H8Cl2F11N5O4S3/c15-7-1-6(39(23,24,25,26)27)2-8(16)10(7)31-12(29)11(9(3-28)30-31)32(37(33,34)4-13(17,18)19)38(35,36)5-14(20,21)22/h1-2H,4-5,29H2. The molecule has 0 atom stereocenters. The summed E-state index contributed by atoms with van der Waals surface area (Å²) in [7, 11) is -23.3. The highest BCUT2D eigenvalue weighted by Gasteiger charge is 2.65. The number of aromatic nitrogens is 2. The number of benzene rings is 1. The van der Waals surface area contributed by atoms with Gasteiger partial charge in [0.1, 0.15) is 22.3 Å². The molecule has 1 heterocycles. The Balaban J connectivity index is 2.99. The molecular weight excluding hydrogens is 678 g/mol. The number of hydrogen-bond donors (Lipinski definition) is 1. The lowest BCUT2D eigenvalue weighted by atomic mass is 10.3. The molecule has 25 heteroatoms. The smallest absolute Gasteiger partial charge is 0.382 e. The Labute approximate surface area is 220 Å². The maximum atomic E-state index is 13.2. The van der Waals surface area contributed by atoms with Gasteiger partial charge < -0.3 is 5.73 Å². The number of nitriles is 1. The van der Waals surface area contributed by atoms with Crippen molar-refractivity contribution >= 4 is 65.0 Å². The molecule has 0 saturated heterocycles. The van der Waals surface area contributed by atoms with Gasteiger partial charge in [-0.3, -0.25) is 0 Å². The first-order chi connectivity index (χ1) is 16.9. The number of alkyl halides is 6. The van der Waals surface area contributed by atoms with Crippen molar-refractivity contribution in [3.05, 3.63) is 27.9 Å². The zero-order valence-electron chi connectivity index (χ0n) is 17.7. The van der Waals surface area contributed by atoms with Crippen LogP contribution in [0.15, 0.2) is 17.0 Å². The second-order valence-electron chi connectivity index (χ2n) is 7.25. The van der Waals surface area contributed by atoms with Crippen LogP contribution in [-0.4, -0.2) is 50.5 Å². The van der Waals surface area contributed by atoms with E-state index >= 15 is 0 Å². The quantitative estimate of drug-likeness (QED) is 0.359. The molecule has 0 spiro atoms. The van der Waals surface area contributed by atoms with E-state index in [0.717, 1.165) is 6.07 Å². The average molecular weight is 686 g/mol. The first-order valence-corrected chi connectivity index (χ1v) is 14.7. The van der Waals surface area contributed by atoms with Gasteiger partial charge >= 0.3 is 22.6 Å². The Morgan fingerprint density at radius 1 is 0.923 bits per heavy atom. The van der Waals surface area contributed by atoms with Gasteiger partial charge in [-0.25, -0.2) is 21.5 Å². The first kappa shape index (κ1) is 32.8. The molecule has 222 valence electrons. The number of anilines is 2. The van der Waals surface area contributed by atoms with Crippen molar-refractivity contribution in [2.45, 2.75) is 17.2 Å². The molecule has 0 radical (unpaired) electrons. The summed E-state index contributed by atoms with van der Waals surface area (Å²) in [5.74, 6) is -7.81. The number of sulfonamides is 2. The van der Waals surface area contributed by atoms with Crippen LogP contribution >= 0.6 is 33.4 Å². The fourth-order valence-corrected chi connectivity index (χ4v) is 7.93. The minimum atomic E-state index is -10.4. The Morgan fingerprint density at radius 3 is 1.62 bits per heavy atom.